The maximum atomic E-state index is 15.1. The van der Waals surface area contributed by atoms with Gasteiger partial charge in [0.15, 0.2) is 0 Å². The highest BCUT2D eigenvalue weighted by Crippen LogP contribution is 2.64. The first-order valence-corrected chi connectivity index (χ1v) is 19.7. The van der Waals surface area contributed by atoms with Gasteiger partial charge in [0.25, 0.3) is 0 Å². The van der Waals surface area contributed by atoms with Crippen LogP contribution in [0.5, 0.6) is 0 Å². The molecule has 3 unspecified atom stereocenters. The number of para-hydroxylation sites is 1. The first-order valence-electron chi connectivity index (χ1n) is 18.2. The number of rotatable bonds is 3. The summed E-state index contributed by atoms with van der Waals surface area (Å²) in [6.45, 7) is 0. The van der Waals surface area contributed by atoms with E-state index in [4.69, 9.17) is 0 Å². The number of hydrogen-bond donors (Lipinski definition) is 0. The molecule has 7 aromatic carbocycles. The first-order chi connectivity index (χ1) is 26.0. The third kappa shape index (κ3) is 4.13. The molecule has 0 saturated heterocycles. The van der Waals surface area contributed by atoms with Gasteiger partial charge in [0.1, 0.15) is 0 Å². The van der Waals surface area contributed by atoms with Crippen LogP contribution < -0.4 is 0 Å². The maximum Gasteiger partial charge on any atom is 0.207 e. The lowest BCUT2D eigenvalue weighted by molar-refractivity contribution is 0.436. The van der Waals surface area contributed by atoms with Gasteiger partial charge in [-0.05, 0) is 87.0 Å². The third-order valence-corrected chi connectivity index (χ3v) is 13.7. The van der Waals surface area contributed by atoms with Crippen LogP contribution in [0.25, 0.3) is 49.7 Å². The predicted molar refractivity (Wildman–Crippen MR) is 214 cm³/mol. The lowest BCUT2D eigenvalue weighted by Crippen LogP contribution is -2.40. The Morgan fingerprint density at radius 3 is 1.85 bits per heavy atom. The van der Waals surface area contributed by atoms with Crippen LogP contribution in [0.15, 0.2) is 198 Å². The topological polar surface area (TPSA) is 39.1 Å². The summed E-state index contributed by atoms with van der Waals surface area (Å²) in [4.78, 5) is 0.777. The zero-order valence-corrected chi connectivity index (χ0v) is 29.5. The Balaban J connectivity index is 1.27. The molecule has 3 nitrogen and oxygen atoms in total. The zero-order chi connectivity index (χ0) is 35.3. The molecule has 0 amide bonds. The smallest absolute Gasteiger partial charge is 0.207 e. The third-order valence-electron chi connectivity index (χ3n) is 11.9. The molecule has 0 radical (unpaired) electrons. The zero-order valence-electron chi connectivity index (χ0n) is 28.7. The van der Waals surface area contributed by atoms with Crippen LogP contribution in [0.3, 0.4) is 0 Å². The van der Waals surface area contributed by atoms with E-state index in [1.54, 1.807) is 0 Å². The molecule has 8 aromatic rings. The fourth-order valence-electron chi connectivity index (χ4n) is 9.72. The van der Waals surface area contributed by atoms with Crippen molar-refractivity contribution >= 4 is 31.6 Å². The number of allylic oxidation sites excluding steroid dienone is 4. The largest absolute Gasteiger partial charge is 0.309 e. The summed E-state index contributed by atoms with van der Waals surface area (Å²) < 4.78 is 32.4. The van der Waals surface area contributed by atoms with Crippen molar-refractivity contribution in [3.05, 3.63) is 210 Å². The average Bonchev–Trinajstić information content (AvgIpc) is 3.71. The molecule has 3 atom stereocenters. The highest BCUT2D eigenvalue weighted by atomic mass is 32.2. The lowest BCUT2D eigenvalue weighted by Gasteiger charge is -2.43. The van der Waals surface area contributed by atoms with E-state index in [0.717, 1.165) is 60.9 Å². The van der Waals surface area contributed by atoms with Crippen molar-refractivity contribution in [3.8, 4) is 27.9 Å². The SMILES string of the molecule is O=S1(=O)c2ccccc2C2(c3ccccc3C3C=CC=CC32)c2cc3c4ccccc4n(-c4cc(-c5ccccc5)cc(-c5ccccc5)c4)c3cc21. The molecule has 4 heteroatoms. The van der Waals surface area contributed by atoms with E-state index >= 15 is 8.42 Å². The normalized spacial score (nSPS) is 20.3. The highest BCUT2D eigenvalue weighted by Gasteiger charge is 2.58. The molecule has 0 N–H and O–H groups in total. The summed E-state index contributed by atoms with van der Waals surface area (Å²) in [5.74, 6) is 0.147. The molecule has 1 aliphatic heterocycles. The van der Waals surface area contributed by atoms with Gasteiger partial charge in [-0.2, -0.15) is 0 Å². The van der Waals surface area contributed by atoms with Gasteiger partial charge in [0.05, 0.1) is 26.2 Å². The van der Waals surface area contributed by atoms with E-state index in [1.165, 1.54) is 11.1 Å². The number of hydrogen-bond acceptors (Lipinski definition) is 2. The van der Waals surface area contributed by atoms with Crippen LogP contribution in [-0.4, -0.2) is 13.0 Å². The summed E-state index contributed by atoms with van der Waals surface area (Å²) in [5, 5.41) is 2.13. The first kappa shape index (κ1) is 30.4. The maximum absolute atomic E-state index is 15.1. The van der Waals surface area contributed by atoms with E-state index in [0.29, 0.717) is 9.79 Å². The van der Waals surface area contributed by atoms with Crippen LogP contribution in [0, 0.1) is 5.92 Å². The second-order valence-corrected chi connectivity index (χ2v) is 16.3. The van der Waals surface area contributed by atoms with Gasteiger partial charge in [-0.15, -0.1) is 0 Å². The summed E-state index contributed by atoms with van der Waals surface area (Å²) in [6, 6.07) is 56.7. The molecule has 2 aliphatic carbocycles. The fourth-order valence-corrected chi connectivity index (χ4v) is 11.5. The molecule has 0 fully saturated rings. The molecule has 252 valence electrons. The van der Waals surface area contributed by atoms with Crippen molar-refractivity contribution in [2.45, 2.75) is 21.1 Å². The van der Waals surface area contributed by atoms with E-state index in [2.05, 4.69) is 156 Å². The summed E-state index contributed by atoms with van der Waals surface area (Å²) >= 11 is 0. The lowest BCUT2D eigenvalue weighted by atomic mass is 9.63. The number of benzene rings is 7. The minimum atomic E-state index is -3.89. The predicted octanol–water partition coefficient (Wildman–Crippen LogP) is 11.4. The molecule has 3 aliphatic rings. The van der Waals surface area contributed by atoms with Gasteiger partial charge in [0, 0.05) is 28.3 Å². The van der Waals surface area contributed by atoms with Crippen LogP contribution in [0.1, 0.15) is 28.2 Å². The van der Waals surface area contributed by atoms with Crippen molar-refractivity contribution in [2.24, 2.45) is 5.92 Å². The Bertz CT molecular complexity index is 2920. The number of aromatic nitrogens is 1. The minimum Gasteiger partial charge on any atom is -0.309 e. The summed E-state index contributed by atoms with van der Waals surface area (Å²) in [5.41, 5.74) is 10.8. The molecule has 1 aromatic heterocycles. The van der Waals surface area contributed by atoms with E-state index < -0.39 is 15.3 Å². The van der Waals surface area contributed by atoms with Gasteiger partial charge in [-0.25, -0.2) is 8.42 Å². The molecule has 53 heavy (non-hydrogen) atoms. The number of fused-ring (bicyclic) bond motifs is 12. The van der Waals surface area contributed by atoms with Crippen molar-refractivity contribution in [2.75, 3.05) is 0 Å². The molecular weight excluding hydrogens is 667 g/mol. The van der Waals surface area contributed by atoms with E-state index in [1.807, 2.05) is 36.4 Å². The second kappa shape index (κ2) is 11.1. The number of sulfone groups is 1. The van der Waals surface area contributed by atoms with Gasteiger partial charge in [-0.1, -0.05) is 146 Å². The van der Waals surface area contributed by atoms with Crippen molar-refractivity contribution in [1.29, 1.82) is 0 Å². The molecule has 0 bridgehead atoms. The Morgan fingerprint density at radius 2 is 1.09 bits per heavy atom. The molecule has 2 heterocycles. The molecular formula is C49H33NO2S. The van der Waals surface area contributed by atoms with Crippen LogP contribution in [0.4, 0.5) is 0 Å². The molecule has 11 rings (SSSR count). The van der Waals surface area contributed by atoms with Crippen molar-refractivity contribution in [1.82, 2.24) is 4.57 Å². The molecule has 0 saturated carbocycles. The summed E-state index contributed by atoms with van der Waals surface area (Å²) in [6.07, 6.45) is 8.86. The Morgan fingerprint density at radius 1 is 0.472 bits per heavy atom. The Hall–Kier alpha value is -6.23. The van der Waals surface area contributed by atoms with Crippen LogP contribution in [-0.2, 0) is 15.3 Å². The van der Waals surface area contributed by atoms with Gasteiger partial charge in [0.2, 0.25) is 9.84 Å². The van der Waals surface area contributed by atoms with E-state index in [9.17, 15) is 0 Å². The van der Waals surface area contributed by atoms with Crippen LogP contribution in [0.2, 0.25) is 0 Å². The minimum absolute atomic E-state index is 0.0158. The molecule has 1 spiro atoms. The van der Waals surface area contributed by atoms with Gasteiger partial charge in [-0.3, -0.25) is 0 Å². The number of nitrogens with zero attached hydrogens (tertiary/aromatic N) is 1. The van der Waals surface area contributed by atoms with Crippen LogP contribution >= 0.6 is 0 Å². The van der Waals surface area contributed by atoms with E-state index in [-0.39, 0.29) is 11.8 Å². The Kier molecular flexibility index (Phi) is 6.39. The monoisotopic (exact) mass is 699 g/mol. The highest BCUT2D eigenvalue weighted by molar-refractivity contribution is 7.91. The Labute approximate surface area is 308 Å². The van der Waals surface area contributed by atoms with Crippen molar-refractivity contribution in [3.63, 3.8) is 0 Å². The van der Waals surface area contributed by atoms with Gasteiger partial charge >= 0.3 is 0 Å². The fraction of sp³-hybridized carbons (Fsp3) is 0.0612. The second-order valence-electron chi connectivity index (χ2n) is 14.4. The average molecular weight is 700 g/mol. The van der Waals surface area contributed by atoms with Gasteiger partial charge < -0.3 is 4.57 Å². The van der Waals surface area contributed by atoms with Crippen molar-refractivity contribution < 1.29 is 8.42 Å². The quantitative estimate of drug-likeness (QED) is 0.184. The standard InChI is InChI=1S/C49H33NO2S/c51-53(52)47-26-14-12-24-43(47)49(41-22-10-7-19-37(41)38-20-8-11-23-42(38)49)44-30-40-39-21-9-13-25-45(39)50(46(40)31-48(44)53)36-28-34(32-15-3-1-4-16-32)27-35(29-36)33-17-5-2-6-18-33/h1-31,37,41H. The summed E-state index contributed by atoms with van der Waals surface area (Å²) in [7, 11) is -3.89.